The van der Waals surface area contributed by atoms with Crippen LogP contribution in [0, 0.1) is 11.7 Å². The van der Waals surface area contributed by atoms with Gasteiger partial charge in [0.15, 0.2) is 4.77 Å². The second-order valence-corrected chi connectivity index (χ2v) is 8.69. The second kappa shape index (κ2) is 9.63. The number of hydrogen-bond donors (Lipinski definition) is 1. The Kier molecular flexibility index (Phi) is 6.67. The van der Waals surface area contributed by atoms with Gasteiger partial charge < -0.3 is 9.88 Å². The van der Waals surface area contributed by atoms with E-state index < -0.39 is 0 Å². The summed E-state index contributed by atoms with van der Waals surface area (Å²) in [4.78, 5) is 33.3. The Labute approximate surface area is 192 Å². The molecule has 32 heavy (non-hydrogen) atoms. The van der Waals surface area contributed by atoms with Gasteiger partial charge in [-0.2, -0.15) is 0 Å². The molecule has 0 radical (unpaired) electrons. The molecule has 1 N–H and O–H groups in total. The largest absolute Gasteiger partial charge is 0.337 e. The maximum Gasteiger partial charge on any atom is 0.262 e. The molecule has 1 aliphatic heterocycles. The molecule has 2 aromatic carbocycles. The zero-order valence-corrected chi connectivity index (χ0v) is 19.2. The van der Waals surface area contributed by atoms with Gasteiger partial charge in [-0.25, -0.2) is 0 Å². The molecule has 1 fully saturated rings. The Bertz CT molecular complexity index is 1260. The van der Waals surface area contributed by atoms with Crippen LogP contribution in [0.3, 0.4) is 0 Å². The van der Waals surface area contributed by atoms with Crippen LogP contribution in [-0.4, -0.2) is 51.4 Å². The normalized spacial score (nSPS) is 15.0. The van der Waals surface area contributed by atoms with Crippen LogP contribution in [0.15, 0.2) is 59.9 Å². The Morgan fingerprint density at radius 2 is 1.91 bits per heavy atom. The first-order chi connectivity index (χ1) is 15.5. The highest BCUT2D eigenvalue weighted by molar-refractivity contribution is 7.71. The van der Waals surface area contributed by atoms with Crippen LogP contribution < -0.4 is 5.56 Å². The number of benzene rings is 2. The van der Waals surface area contributed by atoms with E-state index >= 15 is 0 Å². The summed E-state index contributed by atoms with van der Waals surface area (Å²) in [6.45, 7) is 10.2. The number of hydrogen-bond acceptors (Lipinski definition) is 4. The lowest BCUT2D eigenvalue weighted by molar-refractivity contribution is 0.0761. The first-order valence-electron chi connectivity index (χ1n) is 10.9. The number of nitrogens with zero attached hydrogens (tertiary/aromatic N) is 3. The molecule has 1 saturated heterocycles. The minimum atomic E-state index is -0.177. The van der Waals surface area contributed by atoms with Crippen LogP contribution in [0.4, 0.5) is 0 Å². The van der Waals surface area contributed by atoms with Crippen molar-refractivity contribution in [1.29, 1.82) is 0 Å². The standard InChI is InChI=1S/C25H28N4O2S/c1-3-11-29-24(31)21-10-9-20(16-22(21)26-25(29)32)23(30)28-13-4-12-27(14-15-28)17-19-7-5-18(2)6-8-19/h3,5-10,16H,1,4,11-15,17H2,2H3,(H,26,32). The van der Waals surface area contributed by atoms with Crippen molar-refractivity contribution in [3.63, 3.8) is 0 Å². The van der Waals surface area contributed by atoms with E-state index in [4.69, 9.17) is 12.2 Å². The molecule has 0 unspecified atom stereocenters. The fourth-order valence-corrected chi connectivity index (χ4v) is 4.42. The van der Waals surface area contributed by atoms with Gasteiger partial charge in [0.1, 0.15) is 0 Å². The third-order valence-corrected chi connectivity index (χ3v) is 6.27. The number of H-pyrrole nitrogens is 1. The fraction of sp³-hybridized carbons (Fsp3) is 0.320. The smallest absolute Gasteiger partial charge is 0.262 e. The van der Waals surface area contributed by atoms with Crippen molar-refractivity contribution >= 4 is 29.0 Å². The maximum absolute atomic E-state index is 13.2. The number of rotatable bonds is 5. The highest BCUT2D eigenvalue weighted by Gasteiger charge is 2.21. The zero-order chi connectivity index (χ0) is 22.7. The first-order valence-corrected chi connectivity index (χ1v) is 11.3. The summed E-state index contributed by atoms with van der Waals surface area (Å²) in [5.74, 6) is -0.0151. The van der Waals surface area contributed by atoms with Crippen LogP contribution in [0.1, 0.15) is 27.9 Å². The minimum absolute atomic E-state index is 0.0151. The van der Waals surface area contributed by atoms with E-state index in [1.54, 1.807) is 24.3 Å². The summed E-state index contributed by atoms with van der Waals surface area (Å²) >= 11 is 5.32. The predicted molar refractivity (Wildman–Crippen MR) is 131 cm³/mol. The summed E-state index contributed by atoms with van der Waals surface area (Å²) in [5.41, 5.74) is 3.53. The molecule has 7 heteroatoms. The quantitative estimate of drug-likeness (QED) is 0.475. The number of carbonyl (C=O) groups excluding carboxylic acids is 1. The molecule has 1 amide bonds. The highest BCUT2D eigenvalue weighted by atomic mass is 32.1. The van der Waals surface area contributed by atoms with Gasteiger partial charge in [0.05, 0.1) is 10.9 Å². The van der Waals surface area contributed by atoms with Crippen molar-refractivity contribution in [1.82, 2.24) is 19.4 Å². The monoisotopic (exact) mass is 448 g/mol. The minimum Gasteiger partial charge on any atom is -0.337 e. The Morgan fingerprint density at radius 3 is 2.66 bits per heavy atom. The van der Waals surface area contributed by atoms with E-state index in [-0.39, 0.29) is 11.5 Å². The molecule has 0 atom stereocenters. The first kappa shape index (κ1) is 22.2. The molecule has 0 aliphatic carbocycles. The van der Waals surface area contributed by atoms with E-state index in [0.29, 0.717) is 34.3 Å². The van der Waals surface area contributed by atoms with E-state index in [1.807, 2.05) is 4.90 Å². The summed E-state index contributed by atoms with van der Waals surface area (Å²) in [5, 5.41) is 0.511. The molecular weight excluding hydrogens is 420 g/mol. The number of allylic oxidation sites excluding steroid dienone is 1. The molecule has 166 valence electrons. The summed E-state index contributed by atoms with van der Waals surface area (Å²) < 4.78 is 1.79. The molecule has 4 rings (SSSR count). The average Bonchev–Trinajstić information content (AvgIpc) is 3.03. The molecule has 0 spiro atoms. The van der Waals surface area contributed by atoms with Crippen LogP contribution in [0.25, 0.3) is 10.9 Å². The van der Waals surface area contributed by atoms with Crippen molar-refractivity contribution in [2.75, 3.05) is 26.2 Å². The Balaban J connectivity index is 1.49. The van der Waals surface area contributed by atoms with Gasteiger partial charge >= 0.3 is 0 Å². The number of aromatic amines is 1. The van der Waals surface area contributed by atoms with Gasteiger partial charge in [-0.05, 0) is 49.3 Å². The van der Waals surface area contributed by atoms with E-state index in [0.717, 1.165) is 32.6 Å². The number of nitrogens with one attached hydrogen (secondary N) is 1. The SMILES string of the molecule is C=CCn1c(=S)[nH]c2cc(C(=O)N3CCCN(Cc4ccc(C)cc4)CC3)ccc2c1=O. The van der Waals surface area contributed by atoms with Crippen LogP contribution >= 0.6 is 12.2 Å². The maximum atomic E-state index is 13.2. The molecule has 1 aromatic heterocycles. The van der Waals surface area contributed by atoms with Gasteiger partial charge in [-0.3, -0.25) is 19.1 Å². The molecule has 6 nitrogen and oxygen atoms in total. The predicted octanol–water partition coefficient (Wildman–Crippen LogP) is 3.90. The van der Waals surface area contributed by atoms with Crippen molar-refractivity contribution < 1.29 is 4.79 Å². The molecule has 0 saturated carbocycles. The molecular formula is C25H28N4O2S. The highest BCUT2D eigenvalue weighted by Crippen LogP contribution is 2.16. The third-order valence-electron chi connectivity index (χ3n) is 5.94. The van der Waals surface area contributed by atoms with Crippen molar-refractivity contribution in [2.24, 2.45) is 0 Å². The van der Waals surface area contributed by atoms with Crippen LogP contribution in [0.2, 0.25) is 0 Å². The lowest BCUT2D eigenvalue weighted by Gasteiger charge is -2.22. The number of fused-ring (bicyclic) bond motifs is 1. The summed E-state index contributed by atoms with van der Waals surface area (Å²) in [6, 6.07) is 13.8. The van der Waals surface area contributed by atoms with Crippen molar-refractivity contribution in [3.05, 3.63) is 86.9 Å². The molecule has 1 aliphatic rings. The van der Waals surface area contributed by atoms with Gasteiger partial charge in [0.25, 0.3) is 11.5 Å². The van der Waals surface area contributed by atoms with E-state index in [2.05, 4.69) is 47.7 Å². The summed E-state index contributed by atoms with van der Waals surface area (Å²) in [6.07, 6.45) is 2.57. The van der Waals surface area contributed by atoms with Gasteiger partial charge in [0.2, 0.25) is 0 Å². The van der Waals surface area contributed by atoms with Crippen LogP contribution in [-0.2, 0) is 13.1 Å². The van der Waals surface area contributed by atoms with Gasteiger partial charge in [0, 0.05) is 44.8 Å². The molecule has 3 aromatic rings. The molecule has 2 heterocycles. The fourth-order valence-electron chi connectivity index (χ4n) is 4.15. The van der Waals surface area contributed by atoms with E-state index in [1.165, 1.54) is 15.7 Å². The lowest BCUT2D eigenvalue weighted by Crippen LogP contribution is -2.35. The lowest BCUT2D eigenvalue weighted by atomic mass is 10.1. The van der Waals surface area contributed by atoms with Gasteiger partial charge in [-0.1, -0.05) is 35.9 Å². The molecule has 0 bridgehead atoms. The number of amides is 1. The van der Waals surface area contributed by atoms with Crippen molar-refractivity contribution in [3.8, 4) is 0 Å². The van der Waals surface area contributed by atoms with E-state index in [9.17, 15) is 9.59 Å². The summed E-state index contributed by atoms with van der Waals surface area (Å²) in [7, 11) is 0. The Hall–Kier alpha value is -3.03. The number of carbonyl (C=O) groups is 1. The topological polar surface area (TPSA) is 61.3 Å². The van der Waals surface area contributed by atoms with Gasteiger partial charge in [-0.15, -0.1) is 6.58 Å². The average molecular weight is 449 g/mol. The Morgan fingerprint density at radius 1 is 1.12 bits per heavy atom. The number of aromatic nitrogens is 2. The third kappa shape index (κ3) is 4.74. The van der Waals surface area contributed by atoms with Crippen molar-refractivity contribution in [2.45, 2.75) is 26.4 Å². The van der Waals surface area contributed by atoms with Crippen LogP contribution in [0.5, 0.6) is 0 Å². The number of aryl methyl sites for hydroxylation is 1. The zero-order valence-electron chi connectivity index (χ0n) is 18.3. The second-order valence-electron chi connectivity index (χ2n) is 8.30.